The predicted molar refractivity (Wildman–Crippen MR) is 92.2 cm³/mol. The van der Waals surface area contributed by atoms with Crippen LogP contribution < -0.4 is 0 Å². The van der Waals surface area contributed by atoms with E-state index in [1.54, 1.807) is 0 Å². The molecule has 1 atom stereocenters. The van der Waals surface area contributed by atoms with E-state index in [2.05, 4.69) is 54.7 Å². The molecule has 2 rings (SSSR count). The molecule has 0 spiro atoms. The van der Waals surface area contributed by atoms with Crippen LogP contribution in [-0.2, 0) is 4.74 Å². The van der Waals surface area contributed by atoms with Crippen molar-refractivity contribution in [1.29, 1.82) is 0 Å². The van der Waals surface area contributed by atoms with E-state index in [0.29, 0.717) is 6.04 Å². The summed E-state index contributed by atoms with van der Waals surface area (Å²) in [6, 6.07) is 11.2. The zero-order valence-electron chi connectivity index (χ0n) is 12.5. The number of morpholine rings is 1. The van der Waals surface area contributed by atoms with Gasteiger partial charge in [-0.05, 0) is 30.6 Å². The van der Waals surface area contributed by atoms with Gasteiger partial charge in [-0.3, -0.25) is 4.90 Å². The molecule has 20 heavy (non-hydrogen) atoms. The minimum Gasteiger partial charge on any atom is -0.379 e. The van der Waals surface area contributed by atoms with Crippen LogP contribution >= 0.6 is 23.5 Å². The summed E-state index contributed by atoms with van der Waals surface area (Å²) in [5.41, 5.74) is 2.79. The van der Waals surface area contributed by atoms with Gasteiger partial charge in [-0.25, -0.2) is 0 Å². The van der Waals surface area contributed by atoms with Crippen LogP contribution in [0.15, 0.2) is 34.6 Å². The minimum absolute atomic E-state index is 0.427. The number of thioether (sulfide) groups is 2. The van der Waals surface area contributed by atoms with Gasteiger partial charge >= 0.3 is 0 Å². The number of ether oxygens (including phenoxy) is 1. The van der Waals surface area contributed by atoms with Crippen LogP contribution in [0.4, 0.5) is 0 Å². The van der Waals surface area contributed by atoms with Gasteiger partial charge in [0.25, 0.3) is 0 Å². The van der Waals surface area contributed by atoms with E-state index in [1.807, 2.05) is 23.5 Å². The van der Waals surface area contributed by atoms with E-state index in [0.717, 1.165) is 26.3 Å². The third-order valence-corrected chi connectivity index (χ3v) is 5.87. The summed E-state index contributed by atoms with van der Waals surface area (Å²) >= 11 is 3.70. The summed E-state index contributed by atoms with van der Waals surface area (Å²) < 4.78 is 6.89. The number of hydrogen-bond acceptors (Lipinski definition) is 4. The van der Waals surface area contributed by atoms with Gasteiger partial charge in [0.2, 0.25) is 0 Å². The fourth-order valence-corrected chi connectivity index (χ4v) is 4.28. The number of hydrogen-bond donors (Lipinski definition) is 0. The van der Waals surface area contributed by atoms with Crippen molar-refractivity contribution in [3.05, 3.63) is 40.1 Å². The van der Waals surface area contributed by atoms with Gasteiger partial charge in [0.15, 0.2) is 0 Å². The molecule has 0 saturated carbocycles. The van der Waals surface area contributed by atoms with Crippen LogP contribution in [0.1, 0.15) is 12.5 Å². The zero-order valence-corrected chi connectivity index (χ0v) is 14.1. The molecule has 1 heterocycles. The maximum absolute atomic E-state index is 5.48. The molecule has 1 aliphatic rings. The van der Waals surface area contributed by atoms with E-state index >= 15 is 0 Å². The standard InChI is InChI=1S/C16H23NOS2/c1-13(17-9-11-18-12-10-17)15(16(19-2)20-3)14-7-5-4-6-8-14/h4-8,13H,9-12H2,1-3H3. The molecule has 0 amide bonds. The molecule has 1 aromatic rings. The summed E-state index contributed by atoms with van der Waals surface area (Å²) in [4.78, 5) is 2.53. The van der Waals surface area contributed by atoms with Crippen LogP contribution in [0, 0.1) is 0 Å². The Balaban J connectivity index is 2.34. The second kappa shape index (κ2) is 8.13. The summed E-state index contributed by atoms with van der Waals surface area (Å²) in [7, 11) is 0. The van der Waals surface area contributed by atoms with Crippen molar-refractivity contribution in [2.75, 3.05) is 38.8 Å². The summed E-state index contributed by atoms with van der Waals surface area (Å²) in [6.45, 7) is 6.06. The molecular weight excluding hydrogens is 286 g/mol. The van der Waals surface area contributed by atoms with Gasteiger partial charge < -0.3 is 4.74 Å². The molecule has 0 aliphatic carbocycles. The van der Waals surface area contributed by atoms with Crippen molar-refractivity contribution in [2.24, 2.45) is 0 Å². The van der Waals surface area contributed by atoms with Crippen molar-refractivity contribution in [3.63, 3.8) is 0 Å². The lowest BCUT2D eigenvalue weighted by Crippen LogP contribution is -2.42. The lowest BCUT2D eigenvalue weighted by Gasteiger charge is -2.34. The first-order valence-electron chi connectivity index (χ1n) is 6.97. The molecule has 110 valence electrons. The highest BCUT2D eigenvalue weighted by Crippen LogP contribution is 2.36. The van der Waals surface area contributed by atoms with Crippen molar-refractivity contribution < 1.29 is 4.74 Å². The Labute approximate surface area is 131 Å². The van der Waals surface area contributed by atoms with Crippen molar-refractivity contribution in [2.45, 2.75) is 13.0 Å². The molecule has 1 unspecified atom stereocenters. The SMILES string of the molecule is CSC(SC)=C(c1ccccc1)C(C)N1CCOCC1. The molecule has 1 fully saturated rings. The molecule has 2 nitrogen and oxygen atoms in total. The largest absolute Gasteiger partial charge is 0.379 e. The van der Waals surface area contributed by atoms with Crippen LogP contribution in [0.5, 0.6) is 0 Å². The average molecular weight is 310 g/mol. The van der Waals surface area contributed by atoms with E-state index < -0.39 is 0 Å². The summed E-state index contributed by atoms with van der Waals surface area (Å²) in [6.07, 6.45) is 4.33. The highest BCUT2D eigenvalue weighted by Gasteiger charge is 2.23. The normalized spacial score (nSPS) is 17.8. The zero-order chi connectivity index (χ0) is 14.4. The lowest BCUT2D eigenvalue weighted by atomic mass is 10.00. The molecule has 0 N–H and O–H groups in total. The fourth-order valence-electron chi connectivity index (χ4n) is 2.60. The van der Waals surface area contributed by atoms with E-state index in [1.165, 1.54) is 15.4 Å². The van der Waals surface area contributed by atoms with Gasteiger partial charge in [-0.2, -0.15) is 0 Å². The Morgan fingerprint density at radius 3 is 2.25 bits per heavy atom. The number of benzene rings is 1. The molecule has 1 aliphatic heterocycles. The van der Waals surface area contributed by atoms with Crippen LogP contribution in [-0.4, -0.2) is 49.8 Å². The van der Waals surface area contributed by atoms with Crippen molar-refractivity contribution >= 4 is 29.1 Å². The Morgan fingerprint density at radius 2 is 1.70 bits per heavy atom. The monoisotopic (exact) mass is 309 g/mol. The van der Waals surface area contributed by atoms with Crippen molar-refractivity contribution in [3.8, 4) is 0 Å². The summed E-state index contributed by atoms with van der Waals surface area (Å²) in [5.74, 6) is 0. The maximum Gasteiger partial charge on any atom is 0.0594 e. The smallest absolute Gasteiger partial charge is 0.0594 e. The molecular formula is C16H23NOS2. The molecule has 0 aromatic heterocycles. The lowest BCUT2D eigenvalue weighted by molar-refractivity contribution is 0.0303. The molecule has 4 heteroatoms. The van der Waals surface area contributed by atoms with E-state index in [9.17, 15) is 0 Å². The van der Waals surface area contributed by atoms with Gasteiger partial charge in [0.05, 0.1) is 13.2 Å². The highest BCUT2D eigenvalue weighted by atomic mass is 32.2. The molecule has 0 radical (unpaired) electrons. The molecule has 1 aromatic carbocycles. The first-order valence-corrected chi connectivity index (χ1v) is 9.42. The Morgan fingerprint density at radius 1 is 1.10 bits per heavy atom. The first-order chi connectivity index (χ1) is 9.77. The Hall–Kier alpha value is -0.420. The quantitative estimate of drug-likeness (QED) is 0.820. The van der Waals surface area contributed by atoms with Gasteiger partial charge in [0, 0.05) is 23.4 Å². The maximum atomic E-state index is 5.48. The topological polar surface area (TPSA) is 12.5 Å². The molecule has 1 saturated heterocycles. The third kappa shape index (κ3) is 3.82. The fraction of sp³-hybridized carbons (Fsp3) is 0.500. The third-order valence-electron chi connectivity index (χ3n) is 3.69. The molecule has 0 bridgehead atoms. The van der Waals surface area contributed by atoms with Gasteiger partial charge in [0.1, 0.15) is 0 Å². The summed E-state index contributed by atoms with van der Waals surface area (Å²) in [5, 5.41) is 0. The van der Waals surface area contributed by atoms with Crippen LogP contribution in [0.25, 0.3) is 5.57 Å². The Bertz CT molecular complexity index is 435. The van der Waals surface area contributed by atoms with Crippen LogP contribution in [0.2, 0.25) is 0 Å². The Kier molecular flexibility index (Phi) is 6.49. The van der Waals surface area contributed by atoms with E-state index in [4.69, 9.17) is 4.74 Å². The van der Waals surface area contributed by atoms with E-state index in [-0.39, 0.29) is 0 Å². The van der Waals surface area contributed by atoms with Gasteiger partial charge in [-0.15, -0.1) is 23.5 Å². The first kappa shape index (κ1) is 16.0. The number of nitrogens with zero attached hydrogens (tertiary/aromatic N) is 1. The van der Waals surface area contributed by atoms with Crippen molar-refractivity contribution in [1.82, 2.24) is 4.90 Å². The van der Waals surface area contributed by atoms with Gasteiger partial charge in [-0.1, -0.05) is 30.3 Å². The van der Waals surface area contributed by atoms with Crippen LogP contribution in [0.3, 0.4) is 0 Å². The predicted octanol–water partition coefficient (Wildman–Crippen LogP) is 3.80. The number of rotatable bonds is 5. The highest BCUT2D eigenvalue weighted by molar-refractivity contribution is 8.21. The average Bonchev–Trinajstić information content (AvgIpc) is 2.53. The second-order valence-electron chi connectivity index (χ2n) is 4.80. The minimum atomic E-state index is 0.427. The second-order valence-corrected chi connectivity index (χ2v) is 6.69.